The third kappa shape index (κ3) is 2.95. The van der Waals surface area contributed by atoms with Gasteiger partial charge in [0.25, 0.3) is 0 Å². The monoisotopic (exact) mass is 435 g/mol. The lowest BCUT2D eigenvalue weighted by atomic mass is 10.0. The van der Waals surface area contributed by atoms with E-state index in [2.05, 4.69) is 26.4 Å². The van der Waals surface area contributed by atoms with Crippen LogP contribution in [0.4, 0.5) is 19.3 Å². The summed E-state index contributed by atoms with van der Waals surface area (Å²) in [5.41, 5.74) is -0.115. The number of halogens is 3. The fourth-order valence-corrected chi connectivity index (χ4v) is 3.49. The smallest absolute Gasteiger partial charge is 0.292 e. The molecule has 4 rings (SSSR count). The molecule has 1 aromatic heterocycles. The van der Waals surface area contributed by atoms with E-state index in [1.807, 2.05) is 6.07 Å². The molecular formula is C17H12BrF2N5O2. The molecule has 27 heavy (non-hydrogen) atoms. The molecule has 0 saturated carbocycles. The van der Waals surface area contributed by atoms with Crippen LogP contribution in [0.3, 0.4) is 0 Å². The molecule has 0 atom stereocenters. The maximum absolute atomic E-state index is 13.9. The van der Waals surface area contributed by atoms with Gasteiger partial charge in [0.15, 0.2) is 11.6 Å². The summed E-state index contributed by atoms with van der Waals surface area (Å²) in [5.74, 6) is -1.96. The number of amides is 1. The van der Waals surface area contributed by atoms with Crippen LogP contribution in [0.25, 0.3) is 5.69 Å². The average Bonchev–Trinajstić information content (AvgIpc) is 3.01. The lowest BCUT2D eigenvalue weighted by Crippen LogP contribution is -2.43. The molecule has 0 aliphatic carbocycles. The molecule has 1 aliphatic heterocycles. The van der Waals surface area contributed by atoms with E-state index in [1.54, 1.807) is 12.1 Å². The van der Waals surface area contributed by atoms with E-state index in [9.17, 15) is 18.4 Å². The molecule has 10 heteroatoms. The number of hydrogen-bond donors (Lipinski definition) is 0. The number of hydrogen-bond acceptors (Lipinski definition) is 4. The first-order valence-corrected chi connectivity index (χ1v) is 8.86. The van der Waals surface area contributed by atoms with Gasteiger partial charge >= 0.3 is 11.7 Å². The Balaban J connectivity index is 1.76. The van der Waals surface area contributed by atoms with Gasteiger partial charge in [-0.3, -0.25) is 4.90 Å². The highest BCUT2D eigenvalue weighted by Gasteiger charge is 2.28. The normalized spacial score (nSPS) is 13.5. The molecule has 7 nitrogen and oxygen atoms in total. The summed E-state index contributed by atoms with van der Waals surface area (Å²) in [6.45, 7) is 0.390. The second kappa shape index (κ2) is 6.69. The predicted octanol–water partition coefficient (Wildman–Crippen LogP) is 2.89. The number of benzene rings is 2. The van der Waals surface area contributed by atoms with Gasteiger partial charge < -0.3 is 0 Å². The van der Waals surface area contributed by atoms with E-state index in [1.165, 1.54) is 4.90 Å². The van der Waals surface area contributed by atoms with Gasteiger partial charge in [0.05, 0.1) is 0 Å². The Bertz CT molecular complexity index is 1090. The summed E-state index contributed by atoms with van der Waals surface area (Å²) < 4.78 is 29.7. The molecule has 2 heterocycles. The van der Waals surface area contributed by atoms with Crippen LogP contribution in [0.5, 0.6) is 0 Å². The maximum Gasteiger partial charge on any atom is 0.377 e. The van der Waals surface area contributed by atoms with Crippen molar-refractivity contribution < 1.29 is 13.6 Å². The van der Waals surface area contributed by atoms with Crippen LogP contribution in [-0.2, 0) is 6.42 Å². The maximum atomic E-state index is 13.9. The molecule has 0 saturated heterocycles. The van der Waals surface area contributed by atoms with Crippen LogP contribution < -0.4 is 10.6 Å². The molecule has 1 amide bonds. The Morgan fingerprint density at radius 2 is 1.85 bits per heavy atom. The SMILES string of the molecule is O=C(N1CCCc2cc(Br)ccc21)n1nnn(-c2c(F)cccc2F)c1=O. The highest BCUT2D eigenvalue weighted by Crippen LogP contribution is 2.30. The zero-order valence-electron chi connectivity index (χ0n) is 13.8. The number of carbonyl (C=O) groups excluding carboxylic acids is 1. The van der Waals surface area contributed by atoms with Crippen LogP contribution >= 0.6 is 15.9 Å². The minimum absolute atomic E-state index is 0.390. The highest BCUT2D eigenvalue weighted by molar-refractivity contribution is 9.10. The first-order chi connectivity index (χ1) is 13.0. The number of aryl methyl sites for hydroxylation is 1. The lowest BCUT2D eigenvalue weighted by Gasteiger charge is -2.28. The van der Waals surface area contributed by atoms with Gasteiger partial charge in [-0.25, -0.2) is 18.4 Å². The second-order valence-corrected chi connectivity index (χ2v) is 6.88. The van der Waals surface area contributed by atoms with E-state index in [0.717, 1.165) is 34.7 Å². The number of tetrazole rings is 1. The lowest BCUT2D eigenvalue weighted by molar-refractivity contribution is 0.243. The summed E-state index contributed by atoms with van der Waals surface area (Å²) >= 11 is 3.39. The van der Waals surface area contributed by atoms with E-state index in [0.29, 0.717) is 28.0 Å². The molecule has 0 bridgehead atoms. The summed E-state index contributed by atoms with van der Waals surface area (Å²) in [4.78, 5) is 26.8. The second-order valence-electron chi connectivity index (χ2n) is 5.97. The number of anilines is 1. The fourth-order valence-electron chi connectivity index (χ4n) is 3.08. The van der Waals surface area contributed by atoms with Crippen LogP contribution in [0.2, 0.25) is 0 Å². The molecule has 0 radical (unpaired) electrons. The van der Waals surface area contributed by atoms with E-state index in [4.69, 9.17) is 0 Å². The van der Waals surface area contributed by atoms with Gasteiger partial charge in [0, 0.05) is 16.7 Å². The number of nitrogens with zero attached hydrogens (tertiary/aromatic N) is 5. The molecule has 0 unspecified atom stereocenters. The third-order valence-electron chi connectivity index (χ3n) is 4.30. The van der Waals surface area contributed by atoms with Crippen molar-refractivity contribution in [3.8, 4) is 5.69 Å². The topological polar surface area (TPSA) is 73.0 Å². The third-order valence-corrected chi connectivity index (χ3v) is 4.80. The molecule has 138 valence electrons. The van der Waals surface area contributed by atoms with Gasteiger partial charge in [-0.2, -0.15) is 4.68 Å². The van der Waals surface area contributed by atoms with Crippen molar-refractivity contribution in [2.24, 2.45) is 0 Å². The number of carbonyl (C=O) groups is 1. The summed E-state index contributed by atoms with van der Waals surface area (Å²) in [7, 11) is 0. The molecular weight excluding hydrogens is 424 g/mol. The zero-order valence-corrected chi connectivity index (χ0v) is 15.4. The van der Waals surface area contributed by atoms with Gasteiger partial charge in [-0.1, -0.05) is 22.0 Å². The van der Waals surface area contributed by atoms with Crippen LogP contribution in [-0.4, -0.2) is 32.4 Å². The Labute approximate surface area is 159 Å². The van der Waals surface area contributed by atoms with E-state index < -0.39 is 29.0 Å². The number of aromatic nitrogens is 4. The largest absolute Gasteiger partial charge is 0.377 e. The minimum Gasteiger partial charge on any atom is -0.292 e. The van der Waals surface area contributed by atoms with Crippen molar-refractivity contribution in [3.63, 3.8) is 0 Å². The van der Waals surface area contributed by atoms with Crippen molar-refractivity contribution in [1.82, 2.24) is 19.8 Å². The highest BCUT2D eigenvalue weighted by atomic mass is 79.9. The average molecular weight is 436 g/mol. The predicted molar refractivity (Wildman–Crippen MR) is 96.1 cm³/mol. The van der Waals surface area contributed by atoms with Gasteiger partial charge in [-0.15, -0.1) is 4.68 Å². The van der Waals surface area contributed by atoms with Crippen LogP contribution in [0.1, 0.15) is 12.0 Å². The van der Waals surface area contributed by atoms with Crippen molar-refractivity contribution >= 4 is 27.6 Å². The van der Waals surface area contributed by atoms with Crippen LogP contribution in [0.15, 0.2) is 45.7 Å². The molecule has 3 aromatic rings. The van der Waals surface area contributed by atoms with Crippen LogP contribution in [0, 0.1) is 11.6 Å². The van der Waals surface area contributed by atoms with E-state index in [-0.39, 0.29) is 0 Å². The van der Waals surface area contributed by atoms with Crippen molar-refractivity contribution in [1.29, 1.82) is 0 Å². The number of fused-ring (bicyclic) bond motifs is 1. The van der Waals surface area contributed by atoms with Crippen molar-refractivity contribution in [2.45, 2.75) is 12.8 Å². The summed E-state index contributed by atoms with van der Waals surface area (Å²) in [6, 6.07) is 7.88. The Kier molecular flexibility index (Phi) is 4.34. The Morgan fingerprint density at radius 3 is 2.59 bits per heavy atom. The number of para-hydroxylation sites is 1. The fraction of sp³-hybridized carbons (Fsp3) is 0.176. The van der Waals surface area contributed by atoms with Crippen molar-refractivity contribution in [3.05, 3.63) is 68.6 Å². The molecule has 2 aromatic carbocycles. The molecule has 0 N–H and O–H groups in total. The molecule has 0 fully saturated rings. The quantitative estimate of drug-likeness (QED) is 0.550. The standard InChI is InChI=1S/C17H12BrF2N5O2/c18-11-6-7-14-10(9-11)3-2-8-23(14)16(26)25-17(27)24(21-22-25)15-12(19)4-1-5-13(15)20/h1,4-7,9H,2-3,8H2. The minimum atomic E-state index is -1.05. The zero-order chi connectivity index (χ0) is 19.1. The van der Waals surface area contributed by atoms with Gasteiger partial charge in [-0.05, 0) is 59.2 Å². The first kappa shape index (κ1) is 17.5. The molecule has 1 aliphatic rings. The van der Waals surface area contributed by atoms with E-state index >= 15 is 0 Å². The summed E-state index contributed by atoms with van der Waals surface area (Å²) in [6.07, 6.45) is 1.50. The van der Waals surface area contributed by atoms with Gasteiger partial charge in [0.1, 0.15) is 5.69 Å². The first-order valence-electron chi connectivity index (χ1n) is 8.07. The Hall–Kier alpha value is -2.88. The Morgan fingerprint density at radius 1 is 1.11 bits per heavy atom. The summed E-state index contributed by atoms with van der Waals surface area (Å²) in [5, 5.41) is 7.00. The molecule has 0 spiro atoms. The number of rotatable bonds is 1. The van der Waals surface area contributed by atoms with Gasteiger partial charge in [0.2, 0.25) is 0 Å². The van der Waals surface area contributed by atoms with Crippen molar-refractivity contribution in [2.75, 3.05) is 11.4 Å².